The van der Waals surface area contributed by atoms with Gasteiger partial charge in [-0.25, -0.2) is 0 Å². The molecule has 1 N–H and O–H groups in total. The summed E-state index contributed by atoms with van der Waals surface area (Å²) in [5.41, 5.74) is 2.46. The molecule has 1 aromatic heterocycles. The normalized spacial score (nSPS) is 12.5. The monoisotopic (exact) mass is 498 g/mol. The molecule has 0 saturated heterocycles. The van der Waals surface area contributed by atoms with Crippen LogP contribution in [0.5, 0.6) is 11.5 Å². The molecule has 0 saturated carbocycles. The Labute approximate surface area is 212 Å². The Morgan fingerprint density at radius 2 is 1.64 bits per heavy atom. The van der Waals surface area contributed by atoms with E-state index in [1.54, 1.807) is 54.6 Å². The molecule has 0 bridgehead atoms. The second-order valence-electron chi connectivity index (χ2n) is 8.26. The van der Waals surface area contributed by atoms with E-state index in [1.165, 1.54) is 23.6 Å². The maximum atomic E-state index is 12.8. The molecular weight excluding hydrogens is 476 g/mol. The SMILES string of the molecule is Cc1ccc(SCC(=O)Nc2ccc(Oc3ccc4c(c3)C(=O)N(Cc3ccco3)C4=O)cc2)cc1. The van der Waals surface area contributed by atoms with Crippen LogP contribution >= 0.6 is 11.8 Å². The predicted molar refractivity (Wildman–Crippen MR) is 136 cm³/mol. The van der Waals surface area contributed by atoms with Crippen LogP contribution in [0.2, 0.25) is 0 Å². The minimum absolute atomic E-state index is 0.0756. The molecule has 2 heterocycles. The third-order valence-electron chi connectivity index (χ3n) is 5.60. The van der Waals surface area contributed by atoms with Crippen LogP contribution in [0.1, 0.15) is 32.0 Å². The van der Waals surface area contributed by atoms with Gasteiger partial charge in [-0.15, -0.1) is 11.8 Å². The summed E-state index contributed by atoms with van der Waals surface area (Å²) >= 11 is 1.48. The number of benzene rings is 3. The lowest BCUT2D eigenvalue weighted by Crippen LogP contribution is -2.28. The van der Waals surface area contributed by atoms with E-state index in [0.717, 1.165) is 9.80 Å². The van der Waals surface area contributed by atoms with E-state index in [2.05, 4.69) is 5.32 Å². The number of rotatable bonds is 8. The molecule has 1 aliphatic heterocycles. The summed E-state index contributed by atoms with van der Waals surface area (Å²) in [5.74, 6) is 0.946. The number of nitrogens with zero attached hydrogens (tertiary/aromatic N) is 1. The third kappa shape index (κ3) is 5.18. The molecule has 36 heavy (non-hydrogen) atoms. The van der Waals surface area contributed by atoms with Gasteiger partial charge >= 0.3 is 0 Å². The molecule has 4 aromatic rings. The van der Waals surface area contributed by atoms with E-state index in [-0.39, 0.29) is 18.4 Å². The van der Waals surface area contributed by atoms with Crippen molar-refractivity contribution in [3.63, 3.8) is 0 Å². The Morgan fingerprint density at radius 1 is 0.917 bits per heavy atom. The topological polar surface area (TPSA) is 88.8 Å². The fourth-order valence-electron chi connectivity index (χ4n) is 3.76. The number of fused-ring (bicyclic) bond motifs is 1. The lowest BCUT2D eigenvalue weighted by Gasteiger charge is -2.11. The van der Waals surface area contributed by atoms with Gasteiger partial charge in [0.2, 0.25) is 5.91 Å². The van der Waals surface area contributed by atoms with E-state index in [1.807, 2.05) is 31.2 Å². The number of thioether (sulfide) groups is 1. The van der Waals surface area contributed by atoms with Crippen molar-refractivity contribution >= 4 is 35.2 Å². The van der Waals surface area contributed by atoms with E-state index in [0.29, 0.717) is 39.8 Å². The van der Waals surface area contributed by atoms with Crippen LogP contribution in [0.4, 0.5) is 5.69 Å². The number of carbonyl (C=O) groups excluding carboxylic acids is 3. The number of hydrogen-bond acceptors (Lipinski definition) is 6. The minimum Gasteiger partial charge on any atom is -0.467 e. The summed E-state index contributed by atoms with van der Waals surface area (Å²) in [6, 6.07) is 23.2. The molecule has 5 rings (SSSR count). The van der Waals surface area contributed by atoms with Gasteiger partial charge in [0.15, 0.2) is 0 Å². The Kier molecular flexibility index (Phi) is 6.60. The van der Waals surface area contributed by atoms with Crippen molar-refractivity contribution in [2.24, 2.45) is 0 Å². The van der Waals surface area contributed by atoms with Crippen molar-refractivity contribution in [1.82, 2.24) is 4.90 Å². The molecule has 0 radical (unpaired) electrons. The van der Waals surface area contributed by atoms with E-state index in [9.17, 15) is 14.4 Å². The smallest absolute Gasteiger partial charge is 0.262 e. The van der Waals surface area contributed by atoms with Gasteiger partial charge in [-0.05, 0) is 73.7 Å². The summed E-state index contributed by atoms with van der Waals surface area (Å²) in [5, 5.41) is 2.87. The first-order chi connectivity index (χ1) is 17.5. The second-order valence-corrected chi connectivity index (χ2v) is 9.31. The molecular formula is C28H22N2O5S. The Morgan fingerprint density at radius 3 is 2.36 bits per heavy atom. The standard InChI is InChI=1S/C28H22N2O5S/c1-18-4-11-23(12-5-18)36-17-26(31)29-19-6-8-20(9-7-19)35-21-10-13-24-25(15-21)28(33)30(27(24)32)16-22-3-2-14-34-22/h2-15H,16-17H2,1H3,(H,29,31). The molecule has 7 nitrogen and oxygen atoms in total. The molecule has 1 aliphatic rings. The number of aryl methyl sites for hydroxylation is 1. The van der Waals surface area contributed by atoms with Gasteiger partial charge in [0, 0.05) is 10.6 Å². The van der Waals surface area contributed by atoms with Gasteiger partial charge in [-0.2, -0.15) is 0 Å². The molecule has 3 amide bonds. The molecule has 0 fully saturated rings. The van der Waals surface area contributed by atoms with Crippen molar-refractivity contribution < 1.29 is 23.5 Å². The number of carbonyl (C=O) groups is 3. The average molecular weight is 499 g/mol. The second kappa shape index (κ2) is 10.1. The van der Waals surface area contributed by atoms with Crippen molar-refractivity contribution in [1.29, 1.82) is 0 Å². The van der Waals surface area contributed by atoms with Crippen molar-refractivity contribution in [3.8, 4) is 11.5 Å². The van der Waals surface area contributed by atoms with Gasteiger partial charge in [-0.3, -0.25) is 19.3 Å². The maximum Gasteiger partial charge on any atom is 0.262 e. The van der Waals surface area contributed by atoms with E-state index < -0.39 is 5.91 Å². The van der Waals surface area contributed by atoms with Crippen LogP contribution in [-0.2, 0) is 11.3 Å². The van der Waals surface area contributed by atoms with Crippen LogP contribution < -0.4 is 10.1 Å². The van der Waals surface area contributed by atoms with Crippen LogP contribution in [-0.4, -0.2) is 28.4 Å². The lowest BCUT2D eigenvalue weighted by molar-refractivity contribution is -0.113. The van der Waals surface area contributed by atoms with Crippen molar-refractivity contribution in [3.05, 3.63) is 108 Å². The summed E-state index contributed by atoms with van der Waals surface area (Å²) in [6.45, 7) is 2.10. The predicted octanol–water partition coefficient (Wildman–Crippen LogP) is 5.91. The van der Waals surface area contributed by atoms with Crippen LogP contribution in [0.3, 0.4) is 0 Å². The number of imide groups is 1. The first-order valence-electron chi connectivity index (χ1n) is 11.3. The molecule has 8 heteroatoms. The quantitative estimate of drug-likeness (QED) is 0.240. The molecule has 0 unspecified atom stereocenters. The van der Waals surface area contributed by atoms with E-state index in [4.69, 9.17) is 9.15 Å². The van der Waals surface area contributed by atoms with Gasteiger partial charge in [0.25, 0.3) is 11.8 Å². The Balaban J connectivity index is 1.19. The maximum absolute atomic E-state index is 12.8. The third-order valence-corrected chi connectivity index (χ3v) is 6.61. The zero-order chi connectivity index (χ0) is 25.1. The first-order valence-corrected chi connectivity index (χ1v) is 12.2. The number of anilines is 1. The fraction of sp³-hybridized carbons (Fsp3) is 0.107. The highest BCUT2D eigenvalue weighted by molar-refractivity contribution is 8.00. The summed E-state index contributed by atoms with van der Waals surface area (Å²) in [4.78, 5) is 39.9. The average Bonchev–Trinajstić information content (AvgIpc) is 3.48. The van der Waals surface area contributed by atoms with Crippen molar-refractivity contribution in [2.45, 2.75) is 18.4 Å². The highest BCUT2D eigenvalue weighted by Gasteiger charge is 2.36. The van der Waals surface area contributed by atoms with Crippen LogP contribution in [0, 0.1) is 6.92 Å². The summed E-state index contributed by atoms with van der Waals surface area (Å²) in [6.07, 6.45) is 1.50. The Hall–Kier alpha value is -4.30. The fourth-order valence-corrected chi connectivity index (χ4v) is 4.46. The zero-order valence-corrected chi connectivity index (χ0v) is 20.2. The zero-order valence-electron chi connectivity index (χ0n) is 19.4. The van der Waals surface area contributed by atoms with Gasteiger partial charge in [-0.1, -0.05) is 17.7 Å². The van der Waals surface area contributed by atoms with Crippen LogP contribution in [0.15, 0.2) is 94.4 Å². The van der Waals surface area contributed by atoms with E-state index >= 15 is 0 Å². The molecule has 180 valence electrons. The van der Waals surface area contributed by atoms with Crippen molar-refractivity contribution in [2.75, 3.05) is 11.1 Å². The highest BCUT2D eigenvalue weighted by Crippen LogP contribution is 2.31. The highest BCUT2D eigenvalue weighted by atomic mass is 32.2. The van der Waals surface area contributed by atoms with Crippen LogP contribution in [0.25, 0.3) is 0 Å². The van der Waals surface area contributed by atoms with Gasteiger partial charge in [0.05, 0.1) is 29.7 Å². The minimum atomic E-state index is -0.390. The lowest BCUT2D eigenvalue weighted by atomic mass is 10.1. The largest absolute Gasteiger partial charge is 0.467 e. The molecule has 0 spiro atoms. The molecule has 0 atom stereocenters. The van der Waals surface area contributed by atoms with Gasteiger partial charge in [0.1, 0.15) is 17.3 Å². The summed E-state index contributed by atoms with van der Waals surface area (Å²) in [7, 11) is 0. The number of hydrogen-bond donors (Lipinski definition) is 1. The number of ether oxygens (including phenoxy) is 1. The number of amides is 3. The molecule has 0 aliphatic carbocycles. The Bertz CT molecular complexity index is 1410. The number of nitrogens with one attached hydrogen (secondary N) is 1. The summed E-state index contributed by atoms with van der Waals surface area (Å²) < 4.78 is 11.2. The molecule has 3 aromatic carbocycles. The van der Waals surface area contributed by atoms with Gasteiger partial charge < -0.3 is 14.5 Å². The first kappa shape index (κ1) is 23.4. The number of furan rings is 1.